The number of aliphatic hydroxyl groups is 29. The third-order valence-electron chi connectivity index (χ3n) is 24.5. The van der Waals surface area contributed by atoms with E-state index >= 15 is 0 Å². The summed E-state index contributed by atoms with van der Waals surface area (Å²) in [6, 6.07) is -7.89. The minimum Gasteiger partial charge on any atom is -0.394 e. The molecule has 58 nitrogen and oxygen atoms in total. The number of carbonyl (C=O) groups is 4. The van der Waals surface area contributed by atoms with Crippen LogP contribution in [-0.4, -0.2) is 569 Å². The molecule has 11 fully saturated rings. The number of rotatable bonds is 33. The van der Waals surface area contributed by atoms with Crippen molar-refractivity contribution in [2.45, 2.75) is 379 Å². The van der Waals surface area contributed by atoms with E-state index in [0.29, 0.717) is 0 Å². The molecule has 0 saturated carbocycles. The van der Waals surface area contributed by atoms with Crippen LogP contribution in [0, 0.1) is 0 Å². The van der Waals surface area contributed by atoms with Gasteiger partial charge in [0, 0.05) is 27.7 Å². The molecular formula is C74H124N4O54. The molecule has 0 radical (unpaired) electrons. The molecule has 0 spiro atoms. The first-order valence-electron chi connectivity index (χ1n) is 42.4. The van der Waals surface area contributed by atoms with Gasteiger partial charge >= 0.3 is 0 Å². The van der Waals surface area contributed by atoms with Crippen molar-refractivity contribution in [2.24, 2.45) is 0 Å². The number of hydrogen-bond acceptors (Lipinski definition) is 54. The van der Waals surface area contributed by atoms with Crippen LogP contribution >= 0.6 is 0 Å². The maximum absolute atomic E-state index is 13.5. The Morgan fingerprint density at radius 2 is 0.492 bits per heavy atom. The van der Waals surface area contributed by atoms with E-state index in [1.54, 1.807) is 0 Å². The van der Waals surface area contributed by atoms with E-state index in [2.05, 4.69) is 21.3 Å². The molecule has 58 heteroatoms. The van der Waals surface area contributed by atoms with Gasteiger partial charge in [0.15, 0.2) is 69.2 Å². The standard InChI is InChI=1S/C74H124N4O54/c1-16-35(90)45(100)51(106)68(114-16)112-15-30-57(43(98)31(64(111)116-30)75-18(3)86)125-65-32(76-19(4)87)44(99)56(27(12-84)122-65)126-72-55(110)61(130-74-63(50(105)40(95)25(10-82)121-74)132-66-33(77-20(5)88)59(41(96)26(11-83)117-66)128-71-54(109)48(103)38(93)23(8-80)119-71)42(97)29(124-72)14-113-73-62(49(104)39(94)24(9-81)120-73)131-67-34(78-21(6)89)60(129-69-52(107)46(101)36(91)17(2)115-69)58(28(13-85)123-67)127-70-53(108)47(102)37(92)22(7-79)118-70/h16-17,22-74,79-85,90-111H,7-15H2,1-6H3,(H,75,86)(H,76,87)(H,77,88)(H,78,89)/t16-,17-,22+,23+,24+,25+,26+,27+,28+,29+,30+,31+,32+,33+,34+,35+,36+,37-,38-,39+,40+,41+,42+,43+,44+,45+,46+,47-,48-,49-,50-,51-,52-,53+,54+,55-,56+,57+,58+,59+,60+,61-,62-,63-,64?,65-,66-,67-,68+,69-,70-,71-,72-,73-,74+/m0/s1. The summed E-state index contributed by atoms with van der Waals surface area (Å²) in [6.07, 6.45) is -108. The normalized spacial score (nSPS) is 50.4. The van der Waals surface area contributed by atoms with Crippen molar-refractivity contribution in [1.29, 1.82) is 0 Å². The van der Waals surface area contributed by atoms with Gasteiger partial charge in [-0.25, -0.2) is 0 Å². The Balaban J connectivity index is 0.955. The molecule has 132 heavy (non-hydrogen) atoms. The van der Waals surface area contributed by atoms with Crippen molar-refractivity contribution < 1.29 is 267 Å². The van der Waals surface area contributed by atoms with Gasteiger partial charge in [-0.1, -0.05) is 0 Å². The van der Waals surface area contributed by atoms with Crippen molar-refractivity contribution in [2.75, 3.05) is 59.5 Å². The van der Waals surface area contributed by atoms with Gasteiger partial charge in [-0.2, -0.15) is 0 Å². The van der Waals surface area contributed by atoms with Crippen molar-refractivity contribution in [3.05, 3.63) is 0 Å². The first-order chi connectivity index (χ1) is 62.4. The highest BCUT2D eigenvalue weighted by molar-refractivity contribution is 5.74. The third-order valence-corrected chi connectivity index (χ3v) is 24.5. The molecule has 764 valence electrons. The van der Waals surface area contributed by atoms with E-state index in [9.17, 15) is 167 Å². The van der Waals surface area contributed by atoms with Crippen molar-refractivity contribution in [1.82, 2.24) is 21.3 Å². The molecule has 0 aliphatic carbocycles. The smallest absolute Gasteiger partial charge is 0.217 e. The van der Waals surface area contributed by atoms with E-state index < -0.39 is 421 Å². The van der Waals surface area contributed by atoms with Crippen LogP contribution in [0.1, 0.15) is 41.5 Å². The summed E-state index contributed by atoms with van der Waals surface area (Å²) in [5.41, 5.74) is 0. The quantitative estimate of drug-likeness (QED) is 0.0290. The van der Waals surface area contributed by atoms with E-state index in [4.69, 9.17) is 99.5 Å². The molecule has 0 aromatic carbocycles. The van der Waals surface area contributed by atoms with Crippen LogP contribution in [0.25, 0.3) is 0 Å². The average Bonchev–Trinajstić information content (AvgIpc) is 0.761. The minimum absolute atomic E-state index is 0.861. The number of nitrogens with one attached hydrogen (secondary N) is 4. The highest BCUT2D eigenvalue weighted by atomic mass is 16.8. The number of hydrogen-bond donors (Lipinski definition) is 33. The molecular weight excluding hydrogens is 1810 g/mol. The zero-order valence-corrected chi connectivity index (χ0v) is 71.3. The summed E-state index contributed by atoms with van der Waals surface area (Å²) in [4.78, 5) is 52.6. The number of aliphatic hydroxyl groups excluding tert-OH is 29. The predicted octanol–water partition coefficient (Wildman–Crippen LogP) is -22.3. The SMILES string of the molecule is CC(=O)N[C@H]1[C@H](O[C@H]2[C@H](O)[C@@H](NC(C)=O)C(O)O[C@@H]2CO[C@@H]2O[C@@H](C)[C@@H](O)[C@@H](O)[C@@H]2O)O[C@H](CO)[C@@H](O[C@@H]2O[C@H](CO[C@H]3O[C@H](CO)[C@@H](O)[C@H](O)[C@@H]3O[C@@H]3O[C@H](CO)[C@@H](O[C@@H]4O[C@H](CO)[C@H](O)[C@H](O)[C@H]4O)[C@H](O[C@@H]4O[C@@H](C)[C@@H](O)[C@@H](O)[C@@H]4O)[C@H]3NC(C)=O)[C@@H](O)[C@H](O[C@H]3O[C@H](CO)[C@@H](O)[C@H](O)[C@@H]3O[C@@H]3O[C@H](CO)[C@@H](O)[C@H](O[C@@H]4O[C@H](CO)[C@H](O)[C@H](O)[C@H]4O)[C@H]3NC(C)=O)[C@@H]2O)[C@@H]1O. The highest BCUT2D eigenvalue weighted by Gasteiger charge is 2.63. The van der Waals surface area contributed by atoms with Crippen LogP contribution in [-0.2, 0) is 119 Å². The summed E-state index contributed by atoms with van der Waals surface area (Å²) < 4.78 is 127. The summed E-state index contributed by atoms with van der Waals surface area (Å²) in [6.45, 7) is -4.14. The van der Waals surface area contributed by atoms with Crippen molar-refractivity contribution >= 4 is 23.6 Å². The van der Waals surface area contributed by atoms with Crippen LogP contribution in [0.3, 0.4) is 0 Å². The number of carbonyl (C=O) groups excluding carboxylic acids is 4. The van der Waals surface area contributed by atoms with Crippen LogP contribution in [0.4, 0.5) is 0 Å². The maximum Gasteiger partial charge on any atom is 0.217 e. The monoisotopic (exact) mass is 1930 g/mol. The van der Waals surface area contributed by atoms with Crippen LogP contribution in [0.15, 0.2) is 0 Å². The van der Waals surface area contributed by atoms with E-state index in [-0.39, 0.29) is 0 Å². The molecule has 11 aliphatic rings. The first-order valence-corrected chi connectivity index (χ1v) is 42.4. The van der Waals surface area contributed by atoms with Gasteiger partial charge in [-0.3, -0.25) is 19.2 Å². The van der Waals surface area contributed by atoms with Crippen molar-refractivity contribution in [3.63, 3.8) is 0 Å². The Kier molecular flexibility index (Phi) is 38.5. The fourth-order valence-electron chi connectivity index (χ4n) is 17.2. The third kappa shape index (κ3) is 23.7. The Hall–Kier alpha value is -4.12. The van der Waals surface area contributed by atoms with E-state index in [0.717, 1.165) is 27.7 Å². The number of ether oxygens (including phenoxy) is 21. The summed E-state index contributed by atoms with van der Waals surface area (Å²) in [7, 11) is 0. The van der Waals surface area contributed by atoms with E-state index in [1.807, 2.05) is 0 Å². The molecule has 11 rings (SSSR count). The molecule has 33 N–H and O–H groups in total. The van der Waals surface area contributed by atoms with Gasteiger partial charge in [-0.05, 0) is 13.8 Å². The second-order valence-electron chi connectivity index (χ2n) is 33.8. The van der Waals surface area contributed by atoms with Gasteiger partial charge in [0.25, 0.3) is 0 Å². The summed E-state index contributed by atoms with van der Waals surface area (Å²) in [5.74, 6) is -3.90. The van der Waals surface area contributed by atoms with Gasteiger partial charge in [0.2, 0.25) is 23.6 Å². The largest absolute Gasteiger partial charge is 0.394 e. The molecule has 4 amide bonds. The lowest BCUT2D eigenvalue weighted by Crippen LogP contribution is -2.71. The predicted molar refractivity (Wildman–Crippen MR) is 406 cm³/mol. The van der Waals surface area contributed by atoms with Gasteiger partial charge in [0.1, 0.15) is 256 Å². The lowest BCUT2D eigenvalue weighted by atomic mass is 9.93. The lowest BCUT2D eigenvalue weighted by Gasteiger charge is -2.52. The highest BCUT2D eigenvalue weighted by Crippen LogP contribution is 2.42. The molecule has 0 aromatic rings. The Morgan fingerprint density at radius 3 is 0.977 bits per heavy atom. The first kappa shape index (κ1) is 108. The fourth-order valence-corrected chi connectivity index (χ4v) is 17.2. The van der Waals surface area contributed by atoms with E-state index in [1.165, 1.54) is 13.8 Å². The van der Waals surface area contributed by atoms with Gasteiger partial charge < -0.3 is 269 Å². The summed E-state index contributed by atoms with van der Waals surface area (Å²) >= 11 is 0. The molecule has 11 aliphatic heterocycles. The van der Waals surface area contributed by atoms with Gasteiger partial charge in [-0.15, -0.1) is 0 Å². The fraction of sp³-hybridized carbons (Fsp3) is 0.946. The molecule has 55 atom stereocenters. The Labute approximate surface area is 748 Å². The molecule has 11 heterocycles. The van der Waals surface area contributed by atoms with Crippen LogP contribution in [0.5, 0.6) is 0 Å². The molecule has 0 aromatic heterocycles. The van der Waals surface area contributed by atoms with Gasteiger partial charge in [0.05, 0.1) is 71.7 Å². The van der Waals surface area contributed by atoms with Crippen LogP contribution in [0.2, 0.25) is 0 Å². The minimum atomic E-state index is -2.68. The molecule has 11 saturated heterocycles. The topological polar surface area (TPSA) is 897 Å². The molecule has 0 bridgehead atoms. The summed E-state index contributed by atoms with van der Waals surface area (Å²) in [5, 5.41) is 335. The van der Waals surface area contributed by atoms with Crippen molar-refractivity contribution in [3.8, 4) is 0 Å². The molecule has 1 unspecified atom stereocenters. The lowest BCUT2D eigenvalue weighted by molar-refractivity contribution is -0.400. The second-order valence-corrected chi connectivity index (χ2v) is 33.8. The second kappa shape index (κ2) is 47.0. The zero-order valence-electron chi connectivity index (χ0n) is 71.3. The average molecular weight is 1930 g/mol. The maximum atomic E-state index is 13.5. The Morgan fingerprint density at radius 1 is 0.212 bits per heavy atom. The Bertz CT molecular complexity index is 3610. The van der Waals surface area contributed by atoms with Crippen LogP contribution < -0.4 is 21.3 Å². The number of amides is 4. The zero-order chi connectivity index (χ0) is 97.1.